The average Bonchev–Trinajstić information content (AvgIpc) is 3.04. The fourth-order valence-corrected chi connectivity index (χ4v) is 3.54. The van der Waals surface area contributed by atoms with Gasteiger partial charge in [-0.1, -0.05) is 6.07 Å². The summed E-state index contributed by atoms with van der Waals surface area (Å²) in [5, 5.41) is 9.76. The normalized spacial score (nSPS) is 24.4. The Morgan fingerprint density at radius 1 is 1.41 bits per heavy atom. The van der Waals surface area contributed by atoms with Crippen LogP contribution in [0.5, 0.6) is 0 Å². The van der Waals surface area contributed by atoms with Crippen molar-refractivity contribution in [1.29, 1.82) is 0 Å². The summed E-state index contributed by atoms with van der Waals surface area (Å²) in [6.07, 6.45) is 5.00. The Balaban J connectivity index is 1.60. The maximum atomic E-state index is 12.8. The van der Waals surface area contributed by atoms with Gasteiger partial charge in [0.2, 0.25) is 5.91 Å². The standard InChI is InChI=1S/C17H24N2O3/c20-13-17(5-9-22-10-6-17)16(21)19-8-4-14(12-19)11-15-3-1-2-7-18-15/h1-3,7,14,20H,4-6,8-13H2. The van der Waals surface area contributed by atoms with Crippen LogP contribution in [0.4, 0.5) is 0 Å². The summed E-state index contributed by atoms with van der Waals surface area (Å²) >= 11 is 0. The fraction of sp³-hybridized carbons (Fsp3) is 0.647. The lowest BCUT2D eigenvalue weighted by Gasteiger charge is -2.37. The predicted molar refractivity (Wildman–Crippen MR) is 82.2 cm³/mol. The van der Waals surface area contributed by atoms with E-state index in [1.54, 1.807) is 0 Å². The molecule has 2 aliphatic heterocycles. The zero-order chi connectivity index (χ0) is 15.4. The van der Waals surface area contributed by atoms with Gasteiger partial charge in [0.25, 0.3) is 0 Å². The summed E-state index contributed by atoms with van der Waals surface area (Å²) in [5.74, 6) is 0.580. The molecule has 5 nitrogen and oxygen atoms in total. The van der Waals surface area contributed by atoms with Gasteiger partial charge in [0.1, 0.15) is 0 Å². The van der Waals surface area contributed by atoms with Crippen LogP contribution in [-0.4, -0.2) is 53.8 Å². The molecule has 1 N–H and O–H groups in total. The summed E-state index contributed by atoms with van der Waals surface area (Å²) in [7, 11) is 0. The van der Waals surface area contributed by atoms with Crippen LogP contribution in [0.15, 0.2) is 24.4 Å². The van der Waals surface area contributed by atoms with Crippen LogP contribution >= 0.6 is 0 Å². The van der Waals surface area contributed by atoms with E-state index in [9.17, 15) is 9.90 Å². The molecule has 120 valence electrons. The predicted octanol–water partition coefficient (Wildman–Crippen LogP) is 1.26. The summed E-state index contributed by atoms with van der Waals surface area (Å²) in [6.45, 7) is 2.63. The maximum absolute atomic E-state index is 12.8. The molecule has 0 aliphatic carbocycles. The first-order valence-electron chi connectivity index (χ1n) is 8.11. The van der Waals surface area contributed by atoms with Crippen molar-refractivity contribution < 1.29 is 14.6 Å². The van der Waals surface area contributed by atoms with Gasteiger partial charge < -0.3 is 14.7 Å². The molecule has 2 saturated heterocycles. The lowest BCUT2D eigenvalue weighted by Crippen LogP contribution is -2.48. The Morgan fingerprint density at radius 3 is 2.91 bits per heavy atom. The van der Waals surface area contributed by atoms with Gasteiger partial charge in [-0.15, -0.1) is 0 Å². The maximum Gasteiger partial charge on any atom is 0.231 e. The van der Waals surface area contributed by atoms with Crippen molar-refractivity contribution in [3.63, 3.8) is 0 Å². The Hall–Kier alpha value is -1.46. The molecule has 0 spiro atoms. The molecule has 0 bridgehead atoms. The van der Waals surface area contributed by atoms with E-state index >= 15 is 0 Å². The number of amides is 1. The molecule has 0 aromatic carbocycles. The number of pyridine rings is 1. The minimum Gasteiger partial charge on any atom is -0.395 e. The van der Waals surface area contributed by atoms with E-state index < -0.39 is 5.41 Å². The molecular weight excluding hydrogens is 280 g/mol. The molecule has 22 heavy (non-hydrogen) atoms. The average molecular weight is 304 g/mol. The van der Waals surface area contributed by atoms with Crippen molar-refractivity contribution in [2.45, 2.75) is 25.7 Å². The highest BCUT2D eigenvalue weighted by molar-refractivity contribution is 5.83. The summed E-state index contributed by atoms with van der Waals surface area (Å²) in [6, 6.07) is 5.96. The Bertz CT molecular complexity index is 500. The molecule has 3 rings (SSSR count). The molecular formula is C17H24N2O3. The number of ether oxygens (including phenoxy) is 1. The van der Waals surface area contributed by atoms with Crippen LogP contribution in [0.2, 0.25) is 0 Å². The van der Waals surface area contributed by atoms with Crippen molar-refractivity contribution in [3.8, 4) is 0 Å². The number of carbonyl (C=O) groups excluding carboxylic acids is 1. The third-order valence-corrected chi connectivity index (χ3v) is 5.00. The number of hydrogen-bond donors (Lipinski definition) is 1. The highest BCUT2D eigenvalue weighted by Crippen LogP contribution is 2.34. The van der Waals surface area contributed by atoms with Gasteiger partial charge in [0, 0.05) is 38.2 Å². The topological polar surface area (TPSA) is 62.7 Å². The lowest BCUT2D eigenvalue weighted by atomic mass is 9.79. The smallest absolute Gasteiger partial charge is 0.231 e. The van der Waals surface area contributed by atoms with E-state index in [2.05, 4.69) is 4.98 Å². The first-order chi connectivity index (χ1) is 10.7. The van der Waals surface area contributed by atoms with Crippen molar-refractivity contribution >= 4 is 5.91 Å². The highest BCUT2D eigenvalue weighted by Gasteiger charge is 2.43. The third kappa shape index (κ3) is 3.15. The van der Waals surface area contributed by atoms with Crippen LogP contribution in [-0.2, 0) is 16.0 Å². The van der Waals surface area contributed by atoms with Crippen molar-refractivity contribution in [1.82, 2.24) is 9.88 Å². The van der Waals surface area contributed by atoms with E-state index in [4.69, 9.17) is 4.74 Å². The van der Waals surface area contributed by atoms with E-state index in [0.29, 0.717) is 32.0 Å². The van der Waals surface area contributed by atoms with Gasteiger partial charge in [-0.3, -0.25) is 9.78 Å². The minimum absolute atomic E-state index is 0.0728. The van der Waals surface area contributed by atoms with Gasteiger partial charge in [-0.25, -0.2) is 0 Å². The summed E-state index contributed by atoms with van der Waals surface area (Å²) in [5.41, 5.74) is 0.475. The molecule has 1 atom stereocenters. The Labute approximate surface area is 131 Å². The molecule has 1 aromatic rings. The second-order valence-corrected chi connectivity index (χ2v) is 6.48. The SMILES string of the molecule is O=C(N1CCC(Cc2ccccn2)C1)C1(CO)CCOCC1. The number of aliphatic hydroxyl groups excluding tert-OH is 1. The number of nitrogens with zero attached hydrogens (tertiary/aromatic N) is 2. The Kier molecular flexibility index (Phi) is 4.74. The van der Waals surface area contributed by atoms with Crippen LogP contribution in [0.25, 0.3) is 0 Å². The first kappa shape index (κ1) is 15.4. The minimum atomic E-state index is -0.613. The van der Waals surface area contributed by atoms with Crippen molar-refractivity contribution in [3.05, 3.63) is 30.1 Å². The lowest BCUT2D eigenvalue weighted by molar-refractivity contribution is -0.150. The van der Waals surface area contributed by atoms with Crippen LogP contribution in [0.3, 0.4) is 0 Å². The third-order valence-electron chi connectivity index (χ3n) is 5.00. The summed E-state index contributed by atoms with van der Waals surface area (Å²) in [4.78, 5) is 19.2. The molecule has 1 aromatic heterocycles. The number of rotatable bonds is 4. The van der Waals surface area contributed by atoms with Crippen LogP contribution in [0, 0.1) is 11.3 Å². The van der Waals surface area contributed by atoms with Crippen molar-refractivity contribution in [2.75, 3.05) is 32.9 Å². The zero-order valence-electron chi connectivity index (χ0n) is 12.9. The number of likely N-dealkylation sites (tertiary alicyclic amines) is 1. The molecule has 2 aliphatic rings. The number of carbonyl (C=O) groups is 1. The van der Waals surface area contributed by atoms with Gasteiger partial charge in [0.05, 0.1) is 12.0 Å². The van der Waals surface area contributed by atoms with E-state index in [-0.39, 0.29) is 12.5 Å². The monoisotopic (exact) mass is 304 g/mol. The molecule has 0 saturated carbocycles. The van der Waals surface area contributed by atoms with E-state index in [0.717, 1.165) is 31.6 Å². The van der Waals surface area contributed by atoms with E-state index in [1.165, 1.54) is 0 Å². The molecule has 2 fully saturated rings. The Morgan fingerprint density at radius 2 is 2.23 bits per heavy atom. The molecule has 5 heteroatoms. The van der Waals surface area contributed by atoms with Gasteiger partial charge in [-0.05, 0) is 43.7 Å². The van der Waals surface area contributed by atoms with Crippen LogP contribution < -0.4 is 0 Å². The molecule has 1 amide bonds. The van der Waals surface area contributed by atoms with E-state index in [1.807, 2.05) is 29.3 Å². The molecule has 0 radical (unpaired) electrons. The van der Waals surface area contributed by atoms with Gasteiger partial charge in [-0.2, -0.15) is 0 Å². The number of aromatic nitrogens is 1. The molecule has 3 heterocycles. The second-order valence-electron chi connectivity index (χ2n) is 6.48. The van der Waals surface area contributed by atoms with Crippen molar-refractivity contribution in [2.24, 2.45) is 11.3 Å². The second kappa shape index (κ2) is 6.75. The zero-order valence-corrected chi connectivity index (χ0v) is 12.9. The first-order valence-corrected chi connectivity index (χ1v) is 8.11. The quantitative estimate of drug-likeness (QED) is 0.910. The summed E-state index contributed by atoms with van der Waals surface area (Å²) < 4.78 is 5.35. The van der Waals surface area contributed by atoms with Gasteiger partial charge >= 0.3 is 0 Å². The number of hydrogen-bond acceptors (Lipinski definition) is 4. The highest BCUT2D eigenvalue weighted by atomic mass is 16.5. The molecule has 1 unspecified atom stereocenters. The largest absolute Gasteiger partial charge is 0.395 e. The van der Waals surface area contributed by atoms with Crippen LogP contribution in [0.1, 0.15) is 25.0 Å². The fourth-order valence-electron chi connectivity index (χ4n) is 3.54. The van der Waals surface area contributed by atoms with Gasteiger partial charge in [0.15, 0.2) is 0 Å². The number of aliphatic hydroxyl groups is 1.